The maximum absolute atomic E-state index is 5.44. The van der Waals surface area contributed by atoms with E-state index in [2.05, 4.69) is 30.7 Å². The van der Waals surface area contributed by atoms with Gasteiger partial charge in [0.1, 0.15) is 5.69 Å². The average Bonchev–Trinajstić information content (AvgIpc) is 2.70. The van der Waals surface area contributed by atoms with Crippen molar-refractivity contribution < 1.29 is 0 Å². The van der Waals surface area contributed by atoms with Gasteiger partial charge < -0.3 is 11.1 Å². The molecule has 0 saturated heterocycles. The van der Waals surface area contributed by atoms with Gasteiger partial charge in [0.25, 0.3) is 0 Å². The topological polar surface area (TPSA) is 105 Å². The number of nitrogens with two attached hydrogens (primary N) is 1. The fraction of sp³-hybridized carbons (Fsp3) is 0.143. The summed E-state index contributed by atoms with van der Waals surface area (Å²) in [5.74, 6) is 0.516. The van der Waals surface area contributed by atoms with Crippen molar-refractivity contribution in [1.82, 2.24) is 25.4 Å². The van der Waals surface area contributed by atoms with Crippen molar-refractivity contribution in [3.63, 3.8) is 0 Å². The molecule has 2 rings (SSSR count). The number of aromatic amines is 1. The summed E-state index contributed by atoms with van der Waals surface area (Å²) in [5, 5.41) is 13.0. The average molecular weight is 191 g/mol. The molecule has 2 aromatic heterocycles. The number of hydrogen-bond acceptors (Lipinski definition) is 6. The second kappa shape index (κ2) is 3.69. The van der Waals surface area contributed by atoms with Gasteiger partial charge >= 0.3 is 0 Å². The lowest BCUT2D eigenvalue weighted by Crippen LogP contribution is -2.04. The molecular formula is C7H9N7. The fourth-order valence-corrected chi connectivity index (χ4v) is 0.909. The molecule has 0 aliphatic rings. The molecule has 7 nitrogen and oxygen atoms in total. The standard InChI is InChI=1S/C7H9N7/c8-5-1-9-7(10-2-5)11-3-6-4-12-14-13-6/h1-2,4H,3,8H2,(H,9,10,11)(H,12,13,14). The first kappa shape index (κ1) is 8.42. The summed E-state index contributed by atoms with van der Waals surface area (Å²) in [4.78, 5) is 7.94. The predicted octanol–water partition coefficient (Wildman–Crippen LogP) is -0.211. The number of rotatable bonds is 3. The summed E-state index contributed by atoms with van der Waals surface area (Å²) < 4.78 is 0. The van der Waals surface area contributed by atoms with E-state index in [0.717, 1.165) is 5.69 Å². The number of nitrogen functional groups attached to an aromatic ring is 1. The summed E-state index contributed by atoms with van der Waals surface area (Å²) in [6.45, 7) is 0.528. The van der Waals surface area contributed by atoms with Crippen LogP contribution in [0.1, 0.15) is 5.69 Å². The van der Waals surface area contributed by atoms with E-state index in [1.807, 2.05) is 0 Å². The van der Waals surface area contributed by atoms with Gasteiger partial charge in [-0.05, 0) is 0 Å². The maximum Gasteiger partial charge on any atom is 0.223 e. The Hall–Kier alpha value is -2.18. The number of nitrogens with zero attached hydrogens (tertiary/aromatic N) is 4. The lowest BCUT2D eigenvalue weighted by molar-refractivity contribution is 0.906. The van der Waals surface area contributed by atoms with Crippen LogP contribution < -0.4 is 11.1 Å². The van der Waals surface area contributed by atoms with Crippen LogP contribution in [0.5, 0.6) is 0 Å². The Balaban J connectivity index is 1.95. The molecule has 0 spiro atoms. The Morgan fingerprint density at radius 2 is 2.07 bits per heavy atom. The number of hydrogen-bond donors (Lipinski definition) is 3. The molecule has 2 heterocycles. The van der Waals surface area contributed by atoms with E-state index in [9.17, 15) is 0 Å². The van der Waals surface area contributed by atoms with Crippen molar-refractivity contribution in [3.05, 3.63) is 24.3 Å². The largest absolute Gasteiger partial charge is 0.396 e. The highest BCUT2D eigenvalue weighted by molar-refractivity contribution is 5.35. The first-order chi connectivity index (χ1) is 6.84. The zero-order valence-electron chi connectivity index (χ0n) is 7.31. The zero-order chi connectivity index (χ0) is 9.80. The molecule has 0 bridgehead atoms. The third-order valence-electron chi connectivity index (χ3n) is 1.56. The summed E-state index contributed by atoms with van der Waals surface area (Å²) in [5.41, 5.74) is 6.77. The molecule has 2 aromatic rings. The van der Waals surface area contributed by atoms with Crippen molar-refractivity contribution >= 4 is 11.6 Å². The smallest absolute Gasteiger partial charge is 0.223 e. The van der Waals surface area contributed by atoms with Gasteiger partial charge in [0.2, 0.25) is 5.95 Å². The van der Waals surface area contributed by atoms with Crippen LogP contribution in [0.4, 0.5) is 11.6 Å². The summed E-state index contributed by atoms with van der Waals surface area (Å²) in [6.07, 6.45) is 4.71. The second-order valence-corrected chi connectivity index (χ2v) is 2.65. The van der Waals surface area contributed by atoms with Gasteiger partial charge in [0.15, 0.2) is 0 Å². The Morgan fingerprint density at radius 3 is 2.71 bits per heavy atom. The van der Waals surface area contributed by atoms with Crippen LogP contribution in [0.25, 0.3) is 0 Å². The van der Waals surface area contributed by atoms with Gasteiger partial charge in [0, 0.05) is 0 Å². The second-order valence-electron chi connectivity index (χ2n) is 2.65. The summed E-state index contributed by atoms with van der Waals surface area (Å²) >= 11 is 0. The van der Waals surface area contributed by atoms with E-state index in [0.29, 0.717) is 18.2 Å². The van der Waals surface area contributed by atoms with Gasteiger partial charge in [-0.25, -0.2) is 9.97 Å². The molecule has 0 fully saturated rings. The van der Waals surface area contributed by atoms with Crippen LogP contribution in [0.3, 0.4) is 0 Å². The maximum atomic E-state index is 5.44. The molecule has 7 heteroatoms. The van der Waals surface area contributed by atoms with E-state index < -0.39 is 0 Å². The third-order valence-corrected chi connectivity index (χ3v) is 1.56. The molecule has 0 aromatic carbocycles. The zero-order valence-corrected chi connectivity index (χ0v) is 7.31. The number of H-pyrrole nitrogens is 1. The van der Waals surface area contributed by atoms with Gasteiger partial charge in [-0.15, -0.1) is 0 Å². The summed E-state index contributed by atoms with van der Waals surface area (Å²) in [6, 6.07) is 0. The first-order valence-corrected chi connectivity index (χ1v) is 4.00. The van der Waals surface area contributed by atoms with Gasteiger partial charge in [-0.2, -0.15) is 15.4 Å². The van der Waals surface area contributed by atoms with Crippen LogP contribution in [0.15, 0.2) is 18.6 Å². The predicted molar refractivity (Wildman–Crippen MR) is 50.2 cm³/mol. The van der Waals surface area contributed by atoms with E-state index in [4.69, 9.17) is 5.73 Å². The van der Waals surface area contributed by atoms with Crippen molar-refractivity contribution in [2.45, 2.75) is 6.54 Å². The minimum Gasteiger partial charge on any atom is -0.396 e. The van der Waals surface area contributed by atoms with Crippen LogP contribution in [-0.4, -0.2) is 25.4 Å². The lowest BCUT2D eigenvalue weighted by Gasteiger charge is -2.00. The van der Waals surface area contributed by atoms with Crippen LogP contribution in [0.2, 0.25) is 0 Å². The van der Waals surface area contributed by atoms with E-state index in [-0.39, 0.29) is 0 Å². The van der Waals surface area contributed by atoms with E-state index in [1.54, 1.807) is 6.20 Å². The fourth-order valence-electron chi connectivity index (χ4n) is 0.909. The van der Waals surface area contributed by atoms with Crippen molar-refractivity contribution in [2.75, 3.05) is 11.1 Å². The van der Waals surface area contributed by atoms with Gasteiger partial charge in [-0.3, -0.25) is 0 Å². The highest BCUT2D eigenvalue weighted by Gasteiger charge is 1.97. The third kappa shape index (κ3) is 1.94. The van der Waals surface area contributed by atoms with Gasteiger partial charge in [0.05, 0.1) is 30.8 Å². The minimum atomic E-state index is 0.516. The van der Waals surface area contributed by atoms with Crippen molar-refractivity contribution in [1.29, 1.82) is 0 Å². The van der Waals surface area contributed by atoms with Gasteiger partial charge in [-0.1, -0.05) is 0 Å². The van der Waals surface area contributed by atoms with E-state index in [1.165, 1.54) is 12.4 Å². The Morgan fingerprint density at radius 1 is 1.29 bits per heavy atom. The summed E-state index contributed by atoms with van der Waals surface area (Å²) in [7, 11) is 0. The molecular weight excluding hydrogens is 182 g/mol. The highest BCUT2D eigenvalue weighted by atomic mass is 15.3. The monoisotopic (exact) mass is 191 g/mol. The quantitative estimate of drug-likeness (QED) is 0.619. The van der Waals surface area contributed by atoms with Crippen LogP contribution >= 0.6 is 0 Å². The van der Waals surface area contributed by atoms with Crippen molar-refractivity contribution in [2.24, 2.45) is 0 Å². The SMILES string of the molecule is Nc1cnc(NCc2cn[nH]n2)nc1. The molecule has 0 saturated carbocycles. The number of aromatic nitrogens is 5. The molecule has 0 aliphatic carbocycles. The first-order valence-electron chi connectivity index (χ1n) is 4.00. The lowest BCUT2D eigenvalue weighted by atomic mass is 10.5. The normalized spacial score (nSPS) is 10.0. The minimum absolute atomic E-state index is 0.516. The number of nitrogens with one attached hydrogen (secondary N) is 2. The van der Waals surface area contributed by atoms with Crippen molar-refractivity contribution in [3.8, 4) is 0 Å². The molecule has 0 radical (unpaired) electrons. The molecule has 0 aliphatic heterocycles. The Kier molecular flexibility index (Phi) is 2.22. The molecule has 4 N–H and O–H groups in total. The molecule has 0 atom stereocenters. The van der Waals surface area contributed by atoms with Crippen LogP contribution in [-0.2, 0) is 6.54 Å². The van der Waals surface area contributed by atoms with E-state index >= 15 is 0 Å². The molecule has 0 amide bonds. The Bertz CT molecular complexity index is 379. The molecule has 72 valence electrons. The van der Waals surface area contributed by atoms with Crippen LogP contribution in [0, 0.1) is 0 Å². The molecule has 0 unspecified atom stereocenters. The Labute approximate surface area is 79.8 Å². The molecule has 14 heavy (non-hydrogen) atoms. The highest BCUT2D eigenvalue weighted by Crippen LogP contribution is 2.01. The number of anilines is 2.